The molecule has 0 atom stereocenters. The normalized spacial score (nSPS) is 10.5. The predicted octanol–water partition coefficient (Wildman–Crippen LogP) is 3.01. The van der Waals surface area contributed by atoms with E-state index in [1.54, 1.807) is 22.6 Å². The summed E-state index contributed by atoms with van der Waals surface area (Å²) in [6, 6.07) is 1.08. The van der Waals surface area contributed by atoms with Crippen LogP contribution < -0.4 is 4.74 Å². The highest BCUT2D eigenvalue weighted by Gasteiger charge is 2.19. The highest BCUT2D eigenvalue weighted by Crippen LogP contribution is 2.29. The fourth-order valence-electron chi connectivity index (χ4n) is 0.915. The molecule has 1 aromatic rings. The minimum atomic E-state index is -2.77. The van der Waals surface area contributed by atoms with Crippen LogP contribution in [-0.2, 0) is 0 Å². The number of halogens is 4. The van der Waals surface area contributed by atoms with E-state index in [1.807, 2.05) is 0 Å². The van der Waals surface area contributed by atoms with E-state index in [9.17, 15) is 13.6 Å². The minimum absolute atomic E-state index is 0.157. The molecule has 0 radical (unpaired) electrons. The molecule has 0 N–H and O–H groups in total. The van der Waals surface area contributed by atoms with Crippen molar-refractivity contribution in [1.82, 2.24) is 4.98 Å². The summed E-state index contributed by atoms with van der Waals surface area (Å²) in [5, 5.41) is -0.889. The van der Waals surface area contributed by atoms with Crippen molar-refractivity contribution in [2.75, 3.05) is 7.11 Å². The summed E-state index contributed by atoms with van der Waals surface area (Å²) < 4.78 is 29.9. The van der Waals surface area contributed by atoms with E-state index in [0.29, 0.717) is 3.57 Å². The third-order valence-electron chi connectivity index (χ3n) is 1.57. The summed E-state index contributed by atoms with van der Waals surface area (Å²) in [5.41, 5.74) is -0.747. The lowest BCUT2D eigenvalue weighted by Crippen LogP contribution is -2.04. The molecule has 0 fully saturated rings. The first-order valence-electron chi connectivity index (χ1n) is 3.69. The number of ether oxygens (including phenoxy) is 1. The molecule has 7 heteroatoms. The Morgan fingerprint density at radius 2 is 2.27 bits per heavy atom. The standard InChI is InChI=1S/C8H5ClF2INO2/c1-15-4-2-3(8(10)11)13-6(5(4)12)7(9)14/h2,8H,1H3. The van der Waals surface area contributed by atoms with E-state index in [0.717, 1.165) is 6.07 Å². The Bertz CT molecular complexity index is 400. The Labute approximate surface area is 103 Å². The maximum atomic E-state index is 12.4. The van der Waals surface area contributed by atoms with Crippen LogP contribution in [-0.4, -0.2) is 17.3 Å². The zero-order chi connectivity index (χ0) is 11.6. The zero-order valence-corrected chi connectivity index (χ0v) is 10.3. The van der Waals surface area contributed by atoms with Gasteiger partial charge in [0.2, 0.25) is 0 Å². The highest BCUT2D eigenvalue weighted by molar-refractivity contribution is 14.1. The van der Waals surface area contributed by atoms with Gasteiger partial charge in [0.25, 0.3) is 11.7 Å². The maximum Gasteiger partial charge on any atom is 0.280 e. The first-order chi connectivity index (χ1) is 6.97. The molecule has 0 saturated carbocycles. The smallest absolute Gasteiger partial charge is 0.280 e. The molecule has 0 aliphatic rings. The lowest BCUT2D eigenvalue weighted by atomic mass is 10.3. The molecule has 1 rings (SSSR count). The van der Waals surface area contributed by atoms with Crippen LogP contribution in [0.1, 0.15) is 22.6 Å². The van der Waals surface area contributed by atoms with Crippen LogP contribution in [0.25, 0.3) is 0 Å². The van der Waals surface area contributed by atoms with Crippen molar-refractivity contribution in [2.24, 2.45) is 0 Å². The average molecular weight is 347 g/mol. The topological polar surface area (TPSA) is 39.2 Å². The second-order valence-electron chi connectivity index (χ2n) is 2.49. The molecule has 0 aliphatic carbocycles. The lowest BCUT2D eigenvalue weighted by molar-refractivity contribution is 0.107. The van der Waals surface area contributed by atoms with E-state index >= 15 is 0 Å². The van der Waals surface area contributed by atoms with Crippen molar-refractivity contribution < 1.29 is 18.3 Å². The number of aromatic nitrogens is 1. The van der Waals surface area contributed by atoms with Gasteiger partial charge in [0.15, 0.2) is 0 Å². The molecule has 15 heavy (non-hydrogen) atoms. The fourth-order valence-corrected chi connectivity index (χ4v) is 1.95. The number of hydrogen-bond acceptors (Lipinski definition) is 3. The molecule has 0 bridgehead atoms. The number of rotatable bonds is 3. The van der Waals surface area contributed by atoms with Gasteiger partial charge in [-0.05, 0) is 34.2 Å². The minimum Gasteiger partial charge on any atom is -0.495 e. The van der Waals surface area contributed by atoms with Gasteiger partial charge in [0.1, 0.15) is 17.1 Å². The lowest BCUT2D eigenvalue weighted by Gasteiger charge is -2.08. The second-order valence-corrected chi connectivity index (χ2v) is 3.91. The summed E-state index contributed by atoms with van der Waals surface area (Å²) in [7, 11) is 1.31. The number of hydrogen-bond donors (Lipinski definition) is 0. The molecule has 82 valence electrons. The molecule has 0 saturated heterocycles. The number of alkyl halides is 2. The largest absolute Gasteiger partial charge is 0.495 e. The summed E-state index contributed by atoms with van der Waals surface area (Å²) in [5.74, 6) is 0.157. The number of methoxy groups -OCH3 is 1. The van der Waals surface area contributed by atoms with E-state index < -0.39 is 17.4 Å². The first-order valence-corrected chi connectivity index (χ1v) is 5.15. The van der Waals surface area contributed by atoms with Gasteiger partial charge in [-0.1, -0.05) is 0 Å². The number of pyridine rings is 1. The summed E-state index contributed by atoms with van der Waals surface area (Å²) in [6.07, 6.45) is -2.77. The zero-order valence-electron chi connectivity index (χ0n) is 7.43. The number of nitrogens with zero attached hydrogens (tertiary/aromatic N) is 1. The Hall–Kier alpha value is -0.500. The predicted molar refractivity (Wildman–Crippen MR) is 58.6 cm³/mol. The average Bonchev–Trinajstić information content (AvgIpc) is 2.17. The Kier molecular flexibility index (Phi) is 4.21. The molecular formula is C8H5ClF2INO2. The highest BCUT2D eigenvalue weighted by atomic mass is 127. The fraction of sp³-hybridized carbons (Fsp3) is 0.250. The third kappa shape index (κ3) is 2.75. The van der Waals surface area contributed by atoms with Crippen LogP contribution in [0.2, 0.25) is 0 Å². The van der Waals surface area contributed by atoms with Crippen molar-refractivity contribution in [3.8, 4) is 5.75 Å². The monoisotopic (exact) mass is 347 g/mol. The van der Waals surface area contributed by atoms with E-state index in [1.165, 1.54) is 7.11 Å². The van der Waals surface area contributed by atoms with Crippen molar-refractivity contribution in [2.45, 2.75) is 6.43 Å². The molecule has 1 heterocycles. The van der Waals surface area contributed by atoms with Crippen molar-refractivity contribution in [3.63, 3.8) is 0 Å². The number of carbonyl (C=O) groups is 1. The third-order valence-corrected chi connectivity index (χ3v) is 2.80. The Morgan fingerprint density at radius 1 is 1.67 bits per heavy atom. The molecule has 0 unspecified atom stereocenters. The van der Waals surface area contributed by atoms with E-state index in [-0.39, 0.29) is 11.4 Å². The van der Waals surface area contributed by atoms with Crippen LogP contribution in [0.3, 0.4) is 0 Å². The van der Waals surface area contributed by atoms with Gasteiger partial charge in [-0.3, -0.25) is 4.79 Å². The number of carbonyl (C=O) groups excluding carboxylic acids is 1. The molecule has 0 aromatic carbocycles. The van der Waals surface area contributed by atoms with Crippen molar-refractivity contribution in [1.29, 1.82) is 0 Å². The van der Waals surface area contributed by atoms with Crippen LogP contribution in [0.4, 0.5) is 8.78 Å². The molecule has 0 amide bonds. The molecule has 3 nitrogen and oxygen atoms in total. The van der Waals surface area contributed by atoms with Crippen LogP contribution in [0.5, 0.6) is 5.75 Å². The van der Waals surface area contributed by atoms with Crippen LogP contribution in [0, 0.1) is 3.57 Å². The second kappa shape index (κ2) is 5.02. The van der Waals surface area contributed by atoms with Crippen LogP contribution >= 0.6 is 34.2 Å². The molecule has 0 spiro atoms. The van der Waals surface area contributed by atoms with Gasteiger partial charge >= 0.3 is 0 Å². The van der Waals surface area contributed by atoms with Gasteiger partial charge in [-0.25, -0.2) is 13.8 Å². The van der Waals surface area contributed by atoms with E-state index in [2.05, 4.69) is 4.98 Å². The summed E-state index contributed by atoms with van der Waals surface area (Å²) >= 11 is 6.97. The van der Waals surface area contributed by atoms with Crippen molar-refractivity contribution >= 4 is 39.4 Å². The molecular weight excluding hydrogens is 342 g/mol. The van der Waals surface area contributed by atoms with Gasteiger partial charge in [-0.2, -0.15) is 0 Å². The summed E-state index contributed by atoms with van der Waals surface area (Å²) in [4.78, 5) is 14.4. The van der Waals surface area contributed by atoms with Crippen LogP contribution in [0.15, 0.2) is 6.07 Å². The Morgan fingerprint density at radius 3 is 2.67 bits per heavy atom. The van der Waals surface area contributed by atoms with Gasteiger partial charge < -0.3 is 4.74 Å². The SMILES string of the molecule is COc1cc(C(F)F)nc(C(=O)Cl)c1I. The van der Waals surface area contributed by atoms with Gasteiger partial charge in [-0.15, -0.1) is 0 Å². The first kappa shape index (κ1) is 12.6. The van der Waals surface area contributed by atoms with Gasteiger partial charge in [0.05, 0.1) is 10.7 Å². The maximum absolute atomic E-state index is 12.4. The van der Waals surface area contributed by atoms with Crippen molar-refractivity contribution in [3.05, 3.63) is 21.0 Å². The van der Waals surface area contributed by atoms with E-state index in [4.69, 9.17) is 16.3 Å². The molecule has 0 aliphatic heterocycles. The van der Waals surface area contributed by atoms with Gasteiger partial charge in [0, 0.05) is 6.07 Å². The quantitative estimate of drug-likeness (QED) is 0.623. The molecule has 1 aromatic heterocycles. The summed E-state index contributed by atoms with van der Waals surface area (Å²) in [6.45, 7) is 0. The Balaban J connectivity index is 3.38.